The summed E-state index contributed by atoms with van der Waals surface area (Å²) in [5.41, 5.74) is 0.985. The highest BCUT2D eigenvalue weighted by Gasteiger charge is 2.10. The number of fused-ring (bicyclic) bond motifs is 1. The molecule has 0 radical (unpaired) electrons. The van der Waals surface area contributed by atoms with Crippen LogP contribution >= 0.6 is 0 Å². The summed E-state index contributed by atoms with van der Waals surface area (Å²) in [5, 5.41) is 9.56. The van der Waals surface area contributed by atoms with Gasteiger partial charge in [0.1, 0.15) is 0 Å². The third kappa shape index (κ3) is 3.11. The van der Waals surface area contributed by atoms with E-state index in [0.717, 1.165) is 18.7 Å². The van der Waals surface area contributed by atoms with Gasteiger partial charge in [0.2, 0.25) is 5.95 Å². The SMILES string of the molecule is COCc1cc2n[nH]c(=O)n2c(NCCC(C)C)n1. The van der Waals surface area contributed by atoms with E-state index < -0.39 is 0 Å². The van der Waals surface area contributed by atoms with E-state index in [2.05, 4.69) is 34.3 Å². The molecule has 7 nitrogen and oxygen atoms in total. The van der Waals surface area contributed by atoms with Gasteiger partial charge in [0.15, 0.2) is 5.65 Å². The average molecular weight is 265 g/mol. The fraction of sp³-hybridized carbons (Fsp3) is 0.583. The highest BCUT2D eigenvalue weighted by Crippen LogP contribution is 2.09. The summed E-state index contributed by atoms with van der Waals surface area (Å²) in [6.45, 7) is 5.44. The monoisotopic (exact) mass is 265 g/mol. The first-order valence-corrected chi connectivity index (χ1v) is 6.31. The summed E-state index contributed by atoms with van der Waals surface area (Å²) >= 11 is 0. The number of methoxy groups -OCH3 is 1. The predicted molar refractivity (Wildman–Crippen MR) is 72.3 cm³/mol. The standard InChI is InChI=1S/C12H19N5O2/c1-8(2)4-5-13-11-14-9(7-19-3)6-10-15-16-12(18)17(10)11/h6,8H,4-5,7H2,1-3H3,(H,13,14)(H,16,18). The molecule has 2 rings (SSSR count). The van der Waals surface area contributed by atoms with E-state index in [0.29, 0.717) is 24.1 Å². The first-order chi connectivity index (χ1) is 9.11. The van der Waals surface area contributed by atoms with Crippen LogP contribution in [0.25, 0.3) is 5.65 Å². The van der Waals surface area contributed by atoms with Gasteiger partial charge in [-0.05, 0) is 12.3 Å². The number of anilines is 1. The maximum Gasteiger partial charge on any atom is 0.350 e. The van der Waals surface area contributed by atoms with Gasteiger partial charge in [0, 0.05) is 19.7 Å². The normalized spacial score (nSPS) is 11.4. The second kappa shape index (κ2) is 5.83. The molecule has 19 heavy (non-hydrogen) atoms. The Bertz CT molecular complexity index is 602. The summed E-state index contributed by atoms with van der Waals surface area (Å²) in [5.74, 6) is 1.09. The van der Waals surface area contributed by atoms with Crippen LogP contribution in [-0.2, 0) is 11.3 Å². The number of H-pyrrole nitrogens is 1. The molecule has 2 heterocycles. The Hall–Kier alpha value is -1.89. The third-order valence-corrected chi connectivity index (χ3v) is 2.75. The van der Waals surface area contributed by atoms with Crippen LogP contribution in [0.1, 0.15) is 26.0 Å². The van der Waals surface area contributed by atoms with E-state index >= 15 is 0 Å². The van der Waals surface area contributed by atoms with E-state index in [-0.39, 0.29) is 5.69 Å². The molecule has 0 aliphatic rings. The molecule has 0 aliphatic carbocycles. The zero-order valence-corrected chi connectivity index (χ0v) is 11.4. The number of ether oxygens (including phenoxy) is 1. The molecule has 0 fully saturated rings. The highest BCUT2D eigenvalue weighted by atomic mass is 16.5. The van der Waals surface area contributed by atoms with Crippen molar-refractivity contribution in [2.24, 2.45) is 5.92 Å². The summed E-state index contributed by atoms with van der Waals surface area (Å²) in [6.07, 6.45) is 1.00. The fourth-order valence-corrected chi connectivity index (χ4v) is 1.79. The number of hydrogen-bond acceptors (Lipinski definition) is 5. The van der Waals surface area contributed by atoms with Crippen LogP contribution in [0.3, 0.4) is 0 Å². The van der Waals surface area contributed by atoms with Crippen molar-refractivity contribution in [3.8, 4) is 0 Å². The van der Waals surface area contributed by atoms with Crippen molar-refractivity contribution in [2.45, 2.75) is 26.9 Å². The van der Waals surface area contributed by atoms with Crippen molar-refractivity contribution >= 4 is 11.6 Å². The fourth-order valence-electron chi connectivity index (χ4n) is 1.79. The van der Waals surface area contributed by atoms with E-state index in [1.165, 1.54) is 4.40 Å². The highest BCUT2D eigenvalue weighted by molar-refractivity contribution is 5.45. The predicted octanol–water partition coefficient (Wildman–Crippen LogP) is 1.02. The van der Waals surface area contributed by atoms with Crippen LogP contribution < -0.4 is 11.0 Å². The Labute approximate surface area is 111 Å². The first-order valence-electron chi connectivity index (χ1n) is 6.31. The van der Waals surface area contributed by atoms with Crippen LogP contribution in [0, 0.1) is 5.92 Å². The van der Waals surface area contributed by atoms with Gasteiger partial charge in [-0.3, -0.25) is 0 Å². The summed E-state index contributed by atoms with van der Waals surface area (Å²) in [6, 6.07) is 1.73. The lowest BCUT2D eigenvalue weighted by atomic mass is 10.1. The quantitative estimate of drug-likeness (QED) is 0.814. The molecule has 0 saturated heterocycles. The zero-order chi connectivity index (χ0) is 13.8. The minimum atomic E-state index is -0.293. The maximum atomic E-state index is 11.7. The maximum absolute atomic E-state index is 11.7. The molecule has 2 N–H and O–H groups in total. The summed E-state index contributed by atoms with van der Waals surface area (Å²) < 4.78 is 6.50. The van der Waals surface area contributed by atoms with E-state index in [1.54, 1.807) is 13.2 Å². The van der Waals surface area contributed by atoms with Gasteiger partial charge >= 0.3 is 5.69 Å². The number of aromatic amines is 1. The van der Waals surface area contributed by atoms with Gasteiger partial charge in [-0.25, -0.2) is 19.3 Å². The Morgan fingerprint density at radius 2 is 2.32 bits per heavy atom. The lowest BCUT2D eigenvalue weighted by molar-refractivity contribution is 0.181. The molecule has 2 aromatic rings. The number of rotatable bonds is 6. The molecule has 0 bridgehead atoms. The molecule has 0 spiro atoms. The van der Waals surface area contributed by atoms with E-state index in [1.807, 2.05) is 0 Å². The van der Waals surface area contributed by atoms with Crippen molar-refractivity contribution in [3.63, 3.8) is 0 Å². The third-order valence-electron chi connectivity index (χ3n) is 2.75. The van der Waals surface area contributed by atoms with Crippen molar-refractivity contribution in [1.29, 1.82) is 0 Å². The first kappa shape index (κ1) is 13.5. The molecule has 0 saturated carbocycles. The molecule has 0 unspecified atom stereocenters. The molecule has 0 aromatic carbocycles. The van der Waals surface area contributed by atoms with Gasteiger partial charge < -0.3 is 10.1 Å². The van der Waals surface area contributed by atoms with Crippen LogP contribution in [0.5, 0.6) is 0 Å². The van der Waals surface area contributed by atoms with Crippen molar-refractivity contribution in [2.75, 3.05) is 19.0 Å². The van der Waals surface area contributed by atoms with Crippen molar-refractivity contribution in [1.82, 2.24) is 19.6 Å². The van der Waals surface area contributed by atoms with Crippen molar-refractivity contribution in [3.05, 3.63) is 22.2 Å². The molecule has 0 amide bonds. The molecule has 2 aromatic heterocycles. The van der Waals surface area contributed by atoms with E-state index in [9.17, 15) is 4.79 Å². The van der Waals surface area contributed by atoms with Gasteiger partial charge in [0.25, 0.3) is 0 Å². The van der Waals surface area contributed by atoms with Gasteiger partial charge in [-0.1, -0.05) is 13.8 Å². The summed E-state index contributed by atoms with van der Waals surface area (Å²) in [7, 11) is 1.61. The number of nitrogens with one attached hydrogen (secondary N) is 2. The lowest BCUT2D eigenvalue weighted by Crippen LogP contribution is -2.18. The molecule has 0 atom stereocenters. The lowest BCUT2D eigenvalue weighted by Gasteiger charge is -2.10. The van der Waals surface area contributed by atoms with Crippen molar-refractivity contribution < 1.29 is 4.74 Å². The smallest absolute Gasteiger partial charge is 0.350 e. The van der Waals surface area contributed by atoms with Gasteiger partial charge in [-0.2, -0.15) is 5.10 Å². The van der Waals surface area contributed by atoms with Crippen LogP contribution in [0.2, 0.25) is 0 Å². The van der Waals surface area contributed by atoms with Crippen LogP contribution in [0.15, 0.2) is 10.9 Å². The number of aromatic nitrogens is 4. The molecular weight excluding hydrogens is 246 g/mol. The van der Waals surface area contributed by atoms with Crippen LogP contribution in [0.4, 0.5) is 5.95 Å². The Morgan fingerprint density at radius 1 is 1.53 bits per heavy atom. The minimum absolute atomic E-state index is 0.293. The molecule has 7 heteroatoms. The molecule has 104 valence electrons. The zero-order valence-electron chi connectivity index (χ0n) is 11.4. The molecule has 0 aliphatic heterocycles. The van der Waals surface area contributed by atoms with Crippen LogP contribution in [-0.4, -0.2) is 33.2 Å². The summed E-state index contributed by atoms with van der Waals surface area (Å²) in [4.78, 5) is 16.1. The van der Waals surface area contributed by atoms with Gasteiger partial charge in [0.05, 0.1) is 12.3 Å². The largest absolute Gasteiger partial charge is 0.378 e. The second-order valence-electron chi connectivity index (χ2n) is 4.84. The minimum Gasteiger partial charge on any atom is -0.378 e. The topological polar surface area (TPSA) is 84.3 Å². The number of hydrogen-bond donors (Lipinski definition) is 2. The van der Waals surface area contributed by atoms with Gasteiger partial charge in [-0.15, -0.1) is 0 Å². The molecular formula is C12H19N5O2. The number of nitrogens with zero attached hydrogens (tertiary/aromatic N) is 3. The average Bonchev–Trinajstić information content (AvgIpc) is 2.71. The Balaban J connectivity index is 2.32. The van der Waals surface area contributed by atoms with E-state index in [4.69, 9.17) is 4.74 Å². The Morgan fingerprint density at radius 3 is 3.00 bits per heavy atom. The Kier molecular flexibility index (Phi) is 4.16. The second-order valence-corrected chi connectivity index (χ2v) is 4.84.